The van der Waals surface area contributed by atoms with Crippen LogP contribution in [0, 0.1) is 17.4 Å². The zero-order valence-corrected chi connectivity index (χ0v) is 5.70. The van der Waals surface area contributed by atoms with E-state index < -0.39 is 0 Å². The summed E-state index contributed by atoms with van der Waals surface area (Å²) in [7, 11) is 0. The van der Waals surface area contributed by atoms with Crippen molar-refractivity contribution in [2.45, 2.75) is 19.9 Å². The molecule has 0 aromatic heterocycles. The van der Waals surface area contributed by atoms with E-state index in [1.165, 1.54) is 0 Å². The van der Waals surface area contributed by atoms with Gasteiger partial charge in [0.05, 0.1) is 0 Å². The van der Waals surface area contributed by atoms with E-state index in [0.717, 1.165) is 0 Å². The lowest BCUT2D eigenvalue weighted by Gasteiger charge is -2.15. The van der Waals surface area contributed by atoms with Crippen molar-refractivity contribution in [3.63, 3.8) is 0 Å². The highest BCUT2D eigenvalue weighted by Crippen LogP contribution is 2.18. The van der Waals surface area contributed by atoms with E-state index in [1.54, 1.807) is 4.90 Å². The molecule has 48 valence electrons. The van der Waals surface area contributed by atoms with Gasteiger partial charge in [0, 0.05) is 12.2 Å². The summed E-state index contributed by atoms with van der Waals surface area (Å²) in [5.74, 6) is 0.518. The van der Waals surface area contributed by atoms with Gasteiger partial charge in [0.15, 0.2) is 6.19 Å². The Morgan fingerprint density at radius 3 is 2.44 bits per heavy atom. The van der Waals surface area contributed by atoms with Crippen molar-refractivity contribution in [1.29, 1.82) is 5.26 Å². The second kappa shape index (κ2) is 2.10. The van der Waals surface area contributed by atoms with Crippen LogP contribution in [0.15, 0.2) is 12.3 Å². The minimum absolute atomic E-state index is 0.356. The number of hydrogen-bond donors (Lipinski definition) is 0. The Balaban J connectivity index is 2.65. The summed E-state index contributed by atoms with van der Waals surface area (Å²) in [6.45, 7) is 4.16. The normalized spacial score (nSPS) is 32.8. The third-order valence-electron chi connectivity index (χ3n) is 1.87. The van der Waals surface area contributed by atoms with Gasteiger partial charge >= 0.3 is 0 Å². The molecule has 0 aromatic carbocycles. The van der Waals surface area contributed by atoms with Gasteiger partial charge in [0.1, 0.15) is 0 Å². The standard InChI is InChI=1S/C7H10N2/c1-6-3-4-9(5-8)7(6)2/h3-4,6-7H,1-2H3/t6-,7?/m1/s1. The molecule has 0 amide bonds. The first-order valence-corrected chi connectivity index (χ1v) is 3.12. The van der Waals surface area contributed by atoms with Crippen LogP contribution in [0.25, 0.3) is 0 Å². The summed E-state index contributed by atoms with van der Waals surface area (Å²) in [4.78, 5) is 1.67. The summed E-state index contributed by atoms with van der Waals surface area (Å²) in [5.41, 5.74) is 0. The molecule has 1 aliphatic heterocycles. The average Bonchev–Trinajstić information content (AvgIpc) is 2.15. The summed E-state index contributed by atoms with van der Waals surface area (Å²) >= 11 is 0. The number of nitrogens with zero attached hydrogens (tertiary/aromatic N) is 2. The fourth-order valence-corrected chi connectivity index (χ4v) is 0.903. The predicted octanol–water partition coefficient (Wildman–Crippen LogP) is 1.32. The van der Waals surface area contributed by atoms with Crippen LogP contribution in [0.3, 0.4) is 0 Å². The Bertz CT molecular complexity index is 166. The van der Waals surface area contributed by atoms with E-state index in [0.29, 0.717) is 12.0 Å². The second-order valence-electron chi connectivity index (χ2n) is 2.45. The molecule has 0 fully saturated rings. The van der Waals surface area contributed by atoms with Crippen molar-refractivity contribution in [3.8, 4) is 6.19 Å². The van der Waals surface area contributed by atoms with Gasteiger partial charge in [0.2, 0.25) is 0 Å². The Morgan fingerprint density at radius 2 is 2.22 bits per heavy atom. The molecular weight excluding hydrogens is 112 g/mol. The first-order valence-electron chi connectivity index (χ1n) is 3.12. The summed E-state index contributed by atoms with van der Waals surface area (Å²) in [6, 6.07) is 0.356. The molecular formula is C7H10N2. The molecule has 1 rings (SSSR count). The highest BCUT2D eigenvalue weighted by Gasteiger charge is 2.20. The smallest absolute Gasteiger partial charge is 0.183 e. The highest BCUT2D eigenvalue weighted by atomic mass is 15.1. The van der Waals surface area contributed by atoms with Crippen molar-refractivity contribution < 1.29 is 0 Å². The van der Waals surface area contributed by atoms with Crippen molar-refractivity contribution in [2.75, 3.05) is 0 Å². The first kappa shape index (κ1) is 6.15. The monoisotopic (exact) mass is 122 g/mol. The third kappa shape index (κ3) is 0.904. The van der Waals surface area contributed by atoms with E-state index in [2.05, 4.69) is 13.1 Å². The Morgan fingerprint density at radius 1 is 1.56 bits per heavy atom. The Kier molecular flexibility index (Phi) is 1.44. The molecule has 2 nitrogen and oxygen atoms in total. The van der Waals surface area contributed by atoms with Gasteiger partial charge in [-0.25, -0.2) is 0 Å². The van der Waals surface area contributed by atoms with Crippen LogP contribution in [-0.2, 0) is 0 Å². The average molecular weight is 122 g/mol. The quantitative estimate of drug-likeness (QED) is 0.453. The van der Waals surface area contributed by atoms with Crippen molar-refractivity contribution in [3.05, 3.63) is 12.3 Å². The third-order valence-corrected chi connectivity index (χ3v) is 1.87. The van der Waals surface area contributed by atoms with Crippen LogP contribution in [0.4, 0.5) is 0 Å². The predicted molar refractivity (Wildman–Crippen MR) is 35.2 cm³/mol. The van der Waals surface area contributed by atoms with Gasteiger partial charge in [-0.3, -0.25) is 4.90 Å². The topological polar surface area (TPSA) is 27.0 Å². The van der Waals surface area contributed by atoms with Crippen LogP contribution in [0.1, 0.15) is 13.8 Å². The zero-order valence-electron chi connectivity index (χ0n) is 5.70. The molecule has 0 N–H and O–H groups in total. The summed E-state index contributed by atoms with van der Waals surface area (Å²) < 4.78 is 0. The SMILES string of the molecule is CC1[C@H](C)C=CN1C#N. The molecule has 1 heterocycles. The van der Waals surface area contributed by atoms with E-state index in [9.17, 15) is 0 Å². The van der Waals surface area contributed by atoms with Crippen molar-refractivity contribution >= 4 is 0 Å². The van der Waals surface area contributed by atoms with Gasteiger partial charge in [0.25, 0.3) is 0 Å². The Labute approximate surface area is 55.4 Å². The fraction of sp³-hybridized carbons (Fsp3) is 0.571. The lowest BCUT2D eigenvalue weighted by atomic mass is 10.1. The van der Waals surface area contributed by atoms with Crippen molar-refractivity contribution in [2.24, 2.45) is 5.92 Å². The lowest BCUT2D eigenvalue weighted by molar-refractivity contribution is 0.378. The number of rotatable bonds is 0. The van der Waals surface area contributed by atoms with E-state index >= 15 is 0 Å². The molecule has 0 spiro atoms. The molecule has 0 aliphatic carbocycles. The van der Waals surface area contributed by atoms with E-state index in [4.69, 9.17) is 5.26 Å². The molecule has 0 aromatic rings. The maximum absolute atomic E-state index is 8.48. The van der Waals surface area contributed by atoms with Crippen LogP contribution in [0.2, 0.25) is 0 Å². The zero-order chi connectivity index (χ0) is 6.85. The fourth-order valence-electron chi connectivity index (χ4n) is 0.903. The molecule has 2 atom stereocenters. The Hall–Kier alpha value is -0.970. The maximum atomic E-state index is 8.48. The second-order valence-corrected chi connectivity index (χ2v) is 2.45. The first-order chi connectivity index (χ1) is 4.25. The van der Waals surface area contributed by atoms with E-state index in [-0.39, 0.29) is 0 Å². The molecule has 0 bridgehead atoms. The molecule has 1 unspecified atom stereocenters. The molecule has 9 heavy (non-hydrogen) atoms. The maximum Gasteiger partial charge on any atom is 0.183 e. The molecule has 1 aliphatic rings. The van der Waals surface area contributed by atoms with E-state index in [1.807, 2.05) is 19.2 Å². The van der Waals surface area contributed by atoms with Crippen LogP contribution in [0.5, 0.6) is 0 Å². The van der Waals surface area contributed by atoms with Crippen LogP contribution in [-0.4, -0.2) is 10.9 Å². The van der Waals surface area contributed by atoms with Gasteiger partial charge in [-0.15, -0.1) is 0 Å². The van der Waals surface area contributed by atoms with Gasteiger partial charge in [-0.05, 0) is 12.8 Å². The van der Waals surface area contributed by atoms with Gasteiger partial charge in [-0.1, -0.05) is 13.0 Å². The van der Waals surface area contributed by atoms with Gasteiger partial charge < -0.3 is 0 Å². The number of nitriles is 1. The lowest BCUT2D eigenvalue weighted by Crippen LogP contribution is -2.22. The molecule has 2 heteroatoms. The minimum atomic E-state index is 0.356. The molecule has 0 radical (unpaired) electrons. The minimum Gasteiger partial charge on any atom is -0.284 e. The van der Waals surface area contributed by atoms with Crippen LogP contribution < -0.4 is 0 Å². The largest absolute Gasteiger partial charge is 0.284 e. The molecule has 0 saturated carbocycles. The van der Waals surface area contributed by atoms with Crippen molar-refractivity contribution in [1.82, 2.24) is 4.90 Å². The summed E-state index contributed by atoms with van der Waals surface area (Å²) in [5, 5.41) is 8.48. The summed E-state index contributed by atoms with van der Waals surface area (Å²) in [6.07, 6.45) is 5.98. The number of hydrogen-bond acceptors (Lipinski definition) is 2. The van der Waals surface area contributed by atoms with Crippen LogP contribution >= 0.6 is 0 Å². The molecule has 0 saturated heterocycles. The van der Waals surface area contributed by atoms with Gasteiger partial charge in [-0.2, -0.15) is 5.26 Å². The highest BCUT2D eigenvalue weighted by molar-refractivity contribution is 5.05.